The molecular formula is C13H22N2O4S. The van der Waals surface area contributed by atoms with Crippen LogP contribution < -0.4 is 5.32 Å². The molecule has 0 aliphatic carbocycles. The molecule has 20 heavy (non-hydrogen) atoms. The standard InChI is InChI=1S/C13H22N2O4S/c1-5-6-15(7-8-16)20(17,18)13-11(3)19-10(2)12(13)9-14-4/h5,14,16H,1,6-9H2,2-4H3. The molecule has 1 aromatic heterocycles. The molecule has 0 spiro atoms. The van der Waals surface area contributed by atoms with E-state index in [1.165, 1.54) is 10.4 Å². The average Bonchev–Trinajstić information content (AvgIpc) is 2.65. The highest BCUT2D eigenvalue weighted by Crippen LogP contribution is 2.29. The van der Waals surface area contributed by atoms with Gasteiger partial charge in [0.25, 0.3) is 0 Å². The van der Waals surface area contributed by atoms with Crippen LogP contribution >= 0.6 is 0 Å². The number of rotatable bonds is 8. The molecule has 114 valence electrons. The van der Waals surface area contributed by atoms with Crippen LogP contribution in [0.1, 0.15) is 17.1 Å². The number of aliphatic hydroxyl groups is 1. The number of furan rings is 1. The van der Waals surface area contributed by atoms with E-state index in [0.717, 1.165) is 0 Å². The summed E-state index contributed by atoms with van der Waals surface area (Å²) in [7, 11) is -1.98. The smallest absolute Gasteiger partial charge is 0.247 e. The molecule has 0 saturated carbocycles. The van der Waals surface area contributed by atoms with Crippen LogP contribution in [0.4, 0.5) is 0 Å². The highest BCUT2D eigenvalue weighted by Gasteiger charge is 2.31. The Morgan fingerprint density at radius 1 is 1.40 bits per heavy atom. The van der Waals surface area contributed by atoms with Crippen LogP contribution in [-0.2, 0) is 16.6 Å². The number of nitrogens with one attached hydrogen (secondary N) is 1. The molecule has 0 unspecified atom stereocenters. The van der Waals surface area contributed by atoms with Crippen LogP contribution in [0.3, 0.4) is 0 Å². The van der Waals surface area contributed by atoms with E-state index < -0.39 is 10.0 Å². The molecule has 1 aromatic rings. The van der Waals surface area contributed by atoms with Crippen molar-refractivity contribution in [3.05, 3.63) is 29.7 Å². The van der Waals surface area contributed by atoms with Gasteiger partial charge in [-0.05, 0) is 20.9 Å². The fourth-order valence-electron chi connectivity index (χ4n) is 2.12. The molecule has 2 N–H and O–H groups in total. The molecule has 1 rings (SSSR count). The second-order valence-corrected chi connectivity index (χ2v) is 6.30. The lowest BCUT2D eigenvalue weighted by molar-refractivity contribution is 0.260. The average molecular weight is 302 g/mol. The molecule has 0 amide bonds. The van der Waals surface area contributed by atoms with Crippen molar-refractivity contribution in [2.24, 2.45) is 0 Å². The van der Waals surface area contributed by atoms with E-state index in [4.69, 9.17) is 9.52 Å². The normalized spacial score (nSPS) is 12.1. The van der Waals surface area contributed by atoms with Crippen LogP contribution in [0.25, 0.3) is 0 Å². The molecule has 1 heterocycles. The third kappa shape index (κ3) is 3.29. The maximum atomic E-state index is 12.7. The summed E-state index contributed by atoms with van der Waals surface area (Å²) < 4.78 is 32.1. The topological polar surface area (TPSA) is 82.8 Å². The monoisotopic (exact) mass is 302 g/mol. The summed E-state index contributed by atoms with van der Waals surface area (Å²) in [5.41, 5.74) is 0.622. The van der Waals surface area contributed by atoms with Gasteiger partial charge in [-0.1, -0.05) is 6.08 Å². The van der Waals surface area contributed by atoms with E-state index in [2.05, 4.69) is 11.9 Å². The first-order valence-corrected chi connectivity index (χ1v) is 7.79. The Kier molecular flexibility index (Phi) is 5.94. The Morgan fingerprint density at radius 3 is 2.55 bits per heavy atom. The Balaban J connectivity index is 3.36. The summed E-state index contributed by atoms with van der Waals surface area (Å²) in [6.07, 6.45) is 1.49. The van der Waals surface area contributed by atoms with Crippen molar-refractivity contribution >= 4 is 10.0 Å². The molecule has 0 saturated heterocycles. The Labute approximate surface area is 120 Å². The molecule has 7 heteroatoms. The van der Waals surface area contributed by atoms with Crippen molar-refractivity contribution in [3.63, 3.8) is 0 Å². The predicted octanol–water partition coefficient (Wildman–Crippen LogP) is 0.785. The highest BCUT2D eigenvalue weighted by molar-refractivity contribution is 7.89. The van der Waals surface area contributed by atoms with Gasteiger partial charge in [-0.25, -0.2) is 8.42 Å². The van der Waals surface area contributed by atoms with Crippen LogP contribution in [-0.4, -0.2) is 44.6 Å². The zero-order valence-corrected chi connectivity index (χ0v) is 13.0. The van der Waals surface area contributed by atoms with Gasteiger partial charge in [-0.2, -0.15) is 4.31 Å². The van der Waals surface area contributed by atoms with Crippen molar-refractivity contribution < 1.29 is 17.9 Å². The van der Waals surface area contributed by atoms with Gasteiger partial charge in [0.05, 0.1) is 6.61 Å². The molecule has 0 aliphatic heterocycles. The molecule has 0 fully saturated rings. The Bertz CT molecular complexity index is 563. The summed E-state index contributed by atoms with van der Waals surface area (Å²) in [5, 5.41) is 12.0. The second kappa shape index (κ2) is 7.03. The number of nitrogens with zero attached hydrogens (tertiary/aromatic N) is 1. The summed E-state index contributed by atoms with van der Waals surface area (Å²) in [6.45, 7) is 7.25. The molecule has 0 aromatic carbocycles. The minimum atomic E-state index is -3.72. The maximum Gasteiger partial charge on any atom is 0.247 e. The van der Waals surface area contributed by atoms with E-state index >= 15 is 0 Å². The third-order valence-corrected chi connectivity index (χ3v) is 5.02. The Morgan fingerprint density at radius 2 is 2.05 bits per heavy atom. The van der Waals surface area contributed by atoms with Gasteiger partial charge in [0.2, 0.25) is 10.0 Å². The number of aliphatic hydroxyl groups excluding tert-OH is 1. The summed E-state index contributed by atoms with van der Waals surface area (Å²) in [4.78, 5) is 0.180. The fourth-order valence-corrected chi connectivity index (χ4v) is 3.94. The quantitative estimate of drug-likeness (QED) is 0.694. The zero-order valence-electron chi connectivity index (χ0n) is 12.1. The Hall–Kier alpha value is -1.15. The van der Waals surface area contributed by atoms with Crippen LogP contribution in [0, 0.1) is 13.8 Å². The third-order valence-electron chi connectivity index (χ3n) is 2.96. The molecule has 0 aliphatic rings. The molecule has 0 bridgehead atoms. The summed E-state index contributed by atoms with van der Waals surface area (Å²) in [6, 6.07) is 0. The van der Waals surface area contributed by atoms with Crippen molar-refractivity contribution in [3.8, 4) is 0 Å². The number of hydrogen-bond acceptors (Lipinski definition) is 5. The van der Waals surface area contributed by atoms with Crippen molar-refractivity contribution in [2.75, 3.05) is 26.7 Å². The number of hydrogen-bond donors (Lipinski definition) is 2. The highest BCUT2D eigenvalue weighted by atomic mass is 32.2. The largest absolute Gasteiger partial charge is 0.465 e. The van der Waals surface area contributed by atoms with Gasteiger partial charge in [0, 0.05) is 25.2 Å². The van der Waals surface area contributed by atoms with Gasteiger partial charge < -0.3 is 14.8 Å². The van der Waals surface area contributed by atoms with Crippen LogP contribution in [0.2, 0.25) is 0 Å². The lowest BCUT2D eigenvalue weighted by Crippen LogP contribution is -2.34. The molecule has 0 radical (unpaired) electrons. The maximum absolute atomic E-state index is 12.7. The van der Waals surface area contributed by atoms with E-state index in [1.54, 1.807) is 20.9 Å². The van der Waals surface area contributed by atoms with E-state index in [1.807, 2.05) is 0 Å². The molecular weight excluding hydrogens is 280 g/mol. The first-order valence-electron chi connectivity index (χ1n) is 6.35. The van der Waals surface area contributed by atoms with Crippen molar-refractivity contribution in [1.82, 2.24) is 9.62 Å². The first-order chi connectivity index (χ1) is 9.39. The fraction of sp³-hybridized carbons (Fsp3) is 0.538. The second-order valence-electron chi connectivity index (χ2n) is 4.43. The lowest BCUT2D eigenvalue weighted by Gasteiger charge is -2.20. The van der Waals surface area contributed by atoms with Gasteiger partial charge in [-0.3, -0.25) is 0 Å². The van der Waals surface area contributed by atoms with Crippen LogP contribution in [0.5, 0.6) is 0 Å². The SMILES string of the molecule is C=CCN(CCO)S(=O)(=O)c1c(C)oc(C)c1CNC. The summed E-state index contributed by atoms with van der Waals surface area (Å²) in [5.74, 6) is 0.942. The van der Waals surface area contributed by atoms with Gasteiger partial charge in [0.15, 0.2) is 0 Å². The zero-order chi connectivity index (χ0) is 15.3. The molecule has 0 atom stereocenters. The van der Waals surface area contributed by atoms with E-state index in [0.29, 0.717) is 23.6 Å². The van der Waals surface area contributed by atoms with E-state index in [-0.39, 0.29) is 24.6 Å². The minimum Gasteiger partial charge on any atom is -0.465 e. The number of aryl methyl sites for hydroxylation is 2. The van der Waals surface area contributed by atoms with Crippen LogP contribution in [0.15, 0.2) is 22.0 Å². The summed E-state index contributed by atoms with van der Waals surface area (Å²) >= 11 is 0. The predicted molar refractivity (Wildman–Crippen MR) is 77.0 cm³/mol. The first kappa shape index (κ1) is 16.9. The van der Waals surface area contributed by atoms with Gasteiger partial charge in [-0.15, -0.1) is 6.58 Å². The van der Waals surface area contributed by atoms with Gasteiger partial charge in [0.1, 0.15) is 16.4 Å². The van der Waals surface area contributed by atoms with Crippen molar-refractivity contribution in [1.29, 1.82) is 0 Å². The number of sulfonamides is 1. The van der Waals surface area contributed by atoms with E-state index in [9.17, 15) is 8.42 Å². The molecule has 6 nitrogen and oxygen atoms in total. The lowest BCUT2D eigenvalue weighted by atomic mass is 10.2. The van der Waals surface area contributed by atoms with Crippen molar-refractivity contribution in [2.45, 2.75) is 25.3 Å². The van der Waals surface area contributed by atoms with Gasteiger partial charge >= 0.3 is 0 Å². The minimum absolute atomic E-state index is 0.0248.